The lowest BCUT2D eigenvalue weighted by atomic mass is 10.1. The zero-order valence-corrected chi connectivity index (χ0v) is 44.0. The lowest BCUT2D eigenvalue weighted by Crippen LogP contribution is -2.50. The highest BCUT2D eigenvalue weighted by Gasteiger charge is 2.40. The lowest BCUT2D eigenvalue weighted by molar-refractivity contribution is -0.372. The van der Waals surface area contributed by atoms with Crippen molar-refractivity contribution in [3.63, 3.8) is 0 Å². The minimum atomic E-state index is -5.05. The number of hydrogen-bond donors (Lipinski definition) is 0. The topological polar surface area (TPSA) is 89.5 Å². The van der Waals surface area contributed by atoms with E-state index in [4.69, 9.17) is 0 Å². The molecule has 0 bridgehead atoms. The summed E-state index contributed by atoms with van der Waals surface area (Å²) in [7, 11) is -5.33. The van der Waals surface area contributed by atoms with Crippen LogP contribution in [0.5, 0.6) is 5.75 Å². The number of rotatable bonds is 32. The van der Waals surface area contributed by atoms with Crippen molar-refractivity contribution in [1.29, 1.82) is 0 Å². The molecular weight excluding hydrogens is 915 g/mol. The quantitative estimate of drug-likeness (QED) is 0.0204. The van der Waals surface area contributed by atoms with E-state index in [2.05, 4.69) is 46.2 Å². The van der Waals surface area contributed by atoms with Crippen molar-refractivity contribution < 1.29 is 50.6 Å². The van der Waals surface area contributed by atoms with E-state index in [1.165, 1.54) is 153 Å². The second kappa shape index (κ2) is 35.3. The largest absolute Gasteiger partial charge is 0.860 e. The fourth-order valence-corrected chi connectivity index (χ4v) is 17.7. The standard InChI is InChI=1S/2C23H40OP.C8H3BF6O3/c2*1-4-7-13-18-25(19-14-8-5-2,20-15-9-6-3)21-23(24)22-16-11-10-12-17-22;10-7(11,12)4-1-5(8(13,14)15)3-6(2-4)18-9(16)17/h2*10-12,16-17H,4-9,13-15,18-21H2,1-3H3;1-3H/q2*+1;-2. The average Bonchev–Trinajstić information content (AvgIpc) is 3.29. The summed E-state index contributed by atoms with van der Waals surface area (Å²) in [6.45, 7) is 13.7. The Bertz CT molecular complexity index is 1590. The summed E-state index contributed by atoms with van der Waals surface area (Å²) in [5.41, 5.74) is -1.47. The van der Waals surface area contributed by atoms with Gasteiger partial charge in [-0.1, -0.05) is 179 Å². The van der Waals surface area contributed by atoms with Crippen LogP contribution in [0.4, 0.5) is 26.3 Å². The summed E-state index contributed by atoms with van der Waals surface area (Å²) in [5.74, 6) is -0.274. The molecule has 0 heterocycles. The summed E-state index contributed by atoms with van der Waals surface area (Å²) in [6.07, 6.45) is 23.2. The van der Waals surface area contributed by atoms with Crippen molar-refractivity contribution in [3.05, 3.63) is 101 Å². The maximum Gasteiger partial charge on any atom is 0.416 e. The molecule has 0 aromatic heterocycles. The van der Waals surface area contributed by atoms with Crippen LogP contribution in [0.1, 0.15) is 189 Å². The first-order valence-electron chi connectivity index (χ1n) is 25.5. The molecule has 3 aromatic carbocycles. The molecule has 0 unspecified atom stereocenters. The van der Waals surface area contributed by atoms with Crippen molar-refractivity contribution in [3.8, 4) is 5.75 Å². The molecule has 0 N–H and O–H groups in total. The van der Waals surface area contributed by atoms with Gasteiger partial charge in [0.2, 0.25) is 0 Å². The first kappa shape index (κ1) is 63.2. The van der Waals surface area contributed by atoms with Crippen molar-refractivity contribution in [2.24, 2.45) is 0 Å². The van der Waals surface area contributed by atoms with Crippen LogP contribution in [0.3, 0.4) is 0 Å². The first-order valence-corrected chi connectivity index (χ1v) is 30.5. The summed E-state index contributed by atoms with van der Waals surface area (Å²) in [5, 5.41) is 20.2. The number of hydrogen-bond acceptors (Lipinski definition) is 5. The van der Waals surface area contributed by atoms with Gasteiger partial charge >= 0.3 is 12.4 Å². The van der Waals surface area contributed by atoms with Gasteiger partial charge in [0.05, 0.1) is 53.8 Å². The number of alkyl halides is 6. The predicted molar refractivity (Wildman–Crippen MR) is 274 cm³/mol. The van der Waals surface area contributed by atoms with Gasteiger partial charge in [0, 0.05) is 25.7 Å². The molecule has 0 saturated carbocycles. The third-order valence-electron chi connectivity index (χ3n) is 12.4. The molecule has 0 spiro atoms. The number of ketones is 2. The molecule has 0 radical (unpaired) electrons. The van der Waals surface area contributed by atoms with Crippen molar-refractivity contribution in [1.82, 2.24) is 0 Å². The van der Waals surface area contributed by atoms with E-state index >= 15 is 0 Å². The molecule has 0 amide bonds. The van der Waals surface area contributed by atoms with E-state index in [-0.39, 0.29) is 18.2 Å². The van der Waals surface area contributed by atoms with Crippen LogP contribution in [-0.2, 0) is 12.4 Å². The number of Topliss-reactive ketones (excluding diaryl/α,β-unsaturated/α-hetero) is 2. The molecule has 0 aliphatic rings. The van der Waals surface area contributed by atoms with Gasteiger partial charge in [-0.2, -0.15) is 26.3 Å². The molecule has 0 fully saturated rings. The van der Waals surface area contributed by atoms with Crippen molar-refractivity contribution in [2.45, 2.75) is 169 Å². The van der Waals surface area contributed by atoms with Crippen LogP contribution in [-0.4, -0.2) is 68.2 Å². The third kappa shape index (κ3) is 27.0. The van der Waals surface area contributed by atoms with E-state index in [0.717, 1.165) is 23.5 Å². The summed E-state index contributed by atoms with van der Waals surface area (Å²) in [6, 6.07) is 20.2. The van der Waals surface area contributed by atoms with Gasteiger partial charge in [0.15, 0.2) is 11.6 Å². The molecule has 3 aromatic rings. The lowest BCUT2D eigenvalue weighted by Gasteiger charge is -2.27. The number of unbranched alkanes of at least 4 members (excludes halogenated alkanes) is 12. The van der Waals surface area contributed by atoms with Gasteiger partial charge in [-0.05, 0) is 56.7 Å². The Labute approximate surface area is 408 Å². The van der Waals surface area contributed by atoms with E-state index < -0.39 is 51.1 Å². The summed E-state index contributed by atoms with van der Waals surface area (Å²) >= 11 is 0. The van der Waals surface area contributed by atoms with Gasteiger partial charge in [-0.15, -0.1) is 0 Å². The van der Waals surface area contributed by atoms with Crippen molar-refractivity contribution in [2.75, 3.05) is 49.3 Å². The highest BCUT2D eigenvalue weighted by Crippen LogP contribution is 2.62. The van der Waals surface area contributed by atoms with Crippen LogP contribution >= 0.6 is 14.5 Å². The Balaban J connectivity index is 0.000000518. The third-order valence-corrected chi connectivity index (χ3v) is 21.9. The fourth-order valence-electron chi connectivity index (χ4n) is 8.47. The first-order chi connectivity index (χ1) is 32.3. The Morgan fingerprint density at radius 1 is 0.456 bits per heavy atom. The summed E-state index contributed by atoms with van der Waals surface area (Å²) in [4.78, 5) is 26.0. The minimum absolute atomic E-state index is 0.141. The smallest absolute Gasteiger partial charge is 0.416 e. The molecule has 0 atom stereocenters. The van der Waals surface area contributed by atoms with Crippen LogP contribution in [0.2, 0.25) is 0 Å². The second-order valence-electron chi connectivity index (χ2n) is 18.3. The van der Waals surface area contributed by atoms with E-state index in [9.17, 15) is 46.0 Å². The molecule has 5 nitrogen and oxygen atoms in total. The second-order valence-corrected chi connectivity index (χ2v) is 27.0. The fraction of sp³-hybridized carbons (Fsp3) is 0.630. The monoisotopic (exact) mass is 999 g/mol. The normalized spacial score (nSPS) is 11.9. The molecule has 3 rings (SSSR count). The SMILES string of the molecule is CCCCC[P+](CCCCC)(CCCCC)CC(=O)c1ccccc1.CCCCC[P+](CCCCC)(CCCCC)CC(=O)c1ccccc1.[O-]B([O-])Oc1cc(C(F)(F)F)cc(C(F)(F)F)c1. The molecule has 14 heteroatoms. The van der Waals surface area contributed by atoms with Gasteiger partial charge in [0.25, 0.3) is 0 Å². The van der Waals surface area contributed by atoms with Crippen LogP contribution in [0, 0.1) is 0 Å². The van der Waals surface area contributed by atoms with Crippen LogP contribution < -0.4 is 14.7 Å². The van der Waals surface area contributed by atoms with Gasteiger partial charge in [0.1, 0.15) is 19.6 Å². The Kier molecular flexibility index (Phi) is 32.9. The molecule has 384 valence electrons. The Hall–Kier alpha value is -2.78. The summed E-state index contributed by atoms with van der Waals surface area (Å²) < 4.78 is 77.5. The van der Waals surface area contributed by atoms with Crippen LogP contribution in [0.25, 0.3) is 0 Å². The molecule has 0 aliphatic heterocycles. The van der Waals surface area contributed by atoms with Gasteiger partial charge < -0.3 is 14.7 Å². The molecule has 68 heavy (non-hydrogen) atoms. The van der Waals surface area contributed by atoms with Gasteiger partial charge in [-0.25, -0.2) is 0 Å². The average molecular weight is 999 g/mol. The van der Waals surface area contributed by atoms with E-state index in [1.807, 2.05) is 60.7 Å². The highest BCUT2D eigenvalue weighted by molar-refractivity contribution is 7.77. The van der Waals surface area contributed by atoms with E-state index in [0.29, 0.717) is 11.6 Å². The Morgan fingerprint density at radius 2 is 0.721 bits per heavy atom. The number of benzene rings is 3. The number of carbonyl (C=O) groups excluding carboxylic acids is 2. The van der Waals surface area contributed by atoms with E-state index in [1.54, 1.807) is 0 Å². The number of carbonyl (C=O) groups is 2. The maximum atomic E-state index is 13.0. The molecule has 0 aliphatic carbocycles. The van der Waals surface area contributed by atoms with Gasteiger partial charge in [-0.3, -0.25) is 9.59 Å². The number of halogens is 6. The highest BCUT2D eigenvalue weighted by atomic mass is 31.2. The van der Waals surface area contributed by atoms with Crippen LogP contribution in [0.15, 0.2) is 78.9 Å². The zero-order chi connectivity index (χ0) is 50.9. The predicted octanol–water partition coefficient (Wildman–Crippen LogP) is 15.7. The minimum Gasteiger partial charge on any atom is -0.860 e. The Morgan fingerprint density at radius 3 is 0.941 bits per heavy atom. The zero-order valence-electron chi connectivity index (χ0n) is 42.2. The molecular formula is C54H83BF6O5P2. The maximum absolute atomic E-state index is 13.0. The van der Waals surface area contributed by atoms with Crippen molar-refractivity contribution >= 4 is 33.4 Å². The molecule has 0 saturated heterocycles.